The first-order valence-corrected chi connectivity index (χ1v) is 7.44. The molecule has 0 aliphatic rings. The van der Waals surface area contributed by atoms with Crippen LogP contribution in [0.15, 0.2) is 5.38 Å². The fraction of sp³-hybridized carbons (Fsp3) is 0.615. The number of aryl methyl sites for hydroxylation is 1. The zero-order chi connectivity index (χ0) is 15.1. The zero-order valence-corrected chi connectivity index (χ0v) is 12.8. The summed E-state index contributed by atoms with van der Waals surface area (Å²) in [7, 11) is 0. The van der Waals surface area contributed by atoms with Crippen LogP contribution in [0.2, 0.25) is 0 Å². The van der Waals surface area contributed by atoms with Crippen molar-refractivity contribution in [3.8, 4) is 0 Å². The lowest BCUT2D eigenvalue weighted by atomic mass is 10.0. The van der Waals surface area contributed by atoms with Gasteiger partial charge in [0.05, 0.1) is 10.7 Å². The maximum absolute atomic E-state index is 11.6. The number of rotatable bonds is 7. The second kappa shape index (κ2) is 7.84. The van der Waals surface area contributed by atoms with Crippen LogP contribution in [0.1, 0.15) is 31.0 Å². The Kier molecular flexibility index (Phi) is 6.44. The minimum atomic E-state index is -1.01. The standard InChI is InChI=1S/C13H21N3O3S/c1-8(2)6-11(12(17)18)16-13(19)14-5-4-10-7-20-9(3)15-10/h7-8,11H,4-6H2,1-3H3,(H,17,18)(H2,14,16,19). The van der Waals surface area contributed by atoms with E-state index < -0.39 is 18.0 Å². The third-order valence-electron chi connectivity index (χ3n) is 2.64. The van der Waals surface area contributed by atoms with Gasteiger partial charge in [0.2, 0.25) is 0 Å². The largest absolute Gasteiger partial charge is 0.480 e. The van der Waals surface area contributed by atoms with Crippen molar-refractivity contribution >= 4 is 23.3 Å². The molecule has 0 fully saturated rings. The summed E-state index contributed by atoms with van der Waals surface area (Å²) in [5.41, 5.74) is 0.935. The number of nitrogens with zero attached hydrogens (tertiary/aromatic N) is 1. The Labute approximate surface area is 122 Å². The smallest absolute Gasteiger partial charge is 0.326 e. The summed E-state index contributed by atoms with van der Waals surface area (Å²) in [5, 5.41) is 17.1. The fourth-order valence-corrected chi connectivity index (χ4v) is 2.38. The molecule has 0 aromatic carbocycles. The molecule has 1 aromatic rings. The van der Waals surface area contributed by atoms with Crippen molar-refractivity contribution in [3.63, 3.8) is 0 Å². The van der Waals surface area contributed by atoms with Gasteiger partial charge in [-0.15, -0.1) is 11.3 Å². The highest BCUT2D eigenvalue weighted by molar-refractivity contribution is 7.09. The number of thiazole rings is 1. The van der Waals surface area contributed by atoms with E-state index in [9.17, 15) is 9.59 Å². The van der Waals surface area contributed by atoms with Crippen LogP contribution < -0.4 is 10.6 Å². The summed E-state index contributed by atoms with van der Waals surface area (Å²) in [6.07, 6.45) is 1.05. The molecule has 0 saturated carbocycles. The van der Waals surface area contributed by atoms with Crippen LogP contribution in [-0.4, -0.2) is 34.7 Å². The second-order valence-electron chi connectivity index (χ2n) is 5.03. The lowest BCUT2D eigenvalue weighted by Gasteiger charge is -2.16. The van der Waals surface area contributed by atoms with E-state index in [4.69, 9.17) is 5.11 Å². The van der Waals surface area contributed by atoms with E-state index in [1.165, 1.54) is 0 Å². The number of nitrogens with one attached hydrogen (secondary N) is 2. The monoisotopic (exact) mass is 299 g/mol. The molecule has 1 heterocycles. The molecule has 20 heavy (non-hydrogen) atoms. The fourth-order valence-electron chi connectivity index (χ4n) is 1.73. The number of hydrogen-bond donors (Lipinski definition) is 3. The van der Waals surface area contributed by atoms with Gasteiger partial charge in [-0.05, 0) is 19.3 Å². The molecule has 1 aromatic heterocycles. The number of carbonyl (C=O) groups excluding carboxylic acids is 1. The van der Waals surface area contributed by atoms with Gasteiger partial charge in [0, 0.05) is 18.3 Å². The van der Waals surface area contributed by atoms with E-state index in [1.807, 2.05) is 26.2 Å². The molecule has 2 amide bonds. The number of urea groups is 1. The topological polar surface area (TPSA) is 91.3 Å². The number of amides is 2. The molecule has 7 heteroatoms. The van der Waals surface area contributed by atoms with Gasteiger partial charge in [-0.25, -0.2) is 14.6 Å². The Hall–Kier alpha value is -1.63. The van der Waals surface area contributed by atoms with Crippen molar-refractivity contribution < 1.29 is 14.7 Å². The Morgan fingerprint density at radius 3 is 2.65 bits per heavy atom. The zero-order valence-electron chi connectivity index (χ0n) is 12.0. The van der Waals surface area contributed by atoms with Crippen LogP contribution in [0, 0.1) is 12.8 Å². The number of carboxylic acid groups (broad SMARTS) is 1. The number of aromatic nitrogens is 1. The SMILES string of the molecule is Cc1nc(CCNC(=O)NC(CC(C)C)C(=O)O)cs1. The second-order valence-corrected chi connectivity index (χ2v) is 6.09. The third kappa shape index (κ3) is 6.01. The third-order valence-corrected chi connectivity index (χ3v) is 3.47. The average Bonchev–Trinajstić information content (AvgIpc) is 2.73. The van der Waals surface area contributed by atoms with Crippen molar-refractivity contribution in [1.82, 2.24) is 15.6 Å². The molecule has 1 atom stereocenters. The van der Waals surface area contributed by atoms with E-state index >= 15 is 0 Å². The Morgan fingerprint density at radius 2 is 2.15 bits per heavy atom. The molecule has 0 spiro atoms. The summed E-state index contributed by atoms with van der Waals surface area (Å²) in [5.74, 6) is -0.807. The van der Waals surface area contributed by atoms with Gasteiger partial charge in [-0.2, -0.15) is 0 Å². The van der Waals surface area contributed by atoms with Crippen LogP contribution >= 0.6 is 11.3 Å². The number of hydrogen-bond acceptors (Lipinski definition) is 4. The van der Waals surface area contributed by atoms with Crippen molar-refractivity contribution in [2.24, 2.45) is 5.92 Å². The highest BCUT2D eigenvalue weighted by Crippen LogP contribution is 2.08. The molecule has 6 nitrogen and oxygen atoms in total. The van der Waals surface area contributed by atoms with E-state index in [0.29, 0.717) is 19.4 Å². The van der Waals surface area contributed by atoms with Crippen molar-refractivity contribution in [3.05, 3.63) is 16.1 Å². The molecular weight excluding hydrogens is 278 g/mol. The van der Waals surface area contributed by atoms with E-state index in [0.717, 1.165) is 10.7 Å². The summed E-state index contributed by atoms with van der Waals surface area (Å²) in [6.45, 7) is 6.20. The highest BCUT2D eigenvalue weighted by atomic mass is 32.1. The van der Waals surface area contributed by atoms with Gasteiger partial charge in [0.25, 0.3) is 0 Å². The number of carboxylic acids is 1. The normalized spacial score (nSPS) is 12.2. The van der Waals surface area contributed by atoms with Gasteiger partial charge in [-0.1, -0.05) is 13.8 Å². The summed E-state index contributed by atoms with van der Waals surface area (Å²) in [6, 6.07) is -1.30. The molecular formula is C13H21N3O3S. The van der Waals surface area contributed by atoms with E-state index in [-0.39, 0.29) is 5.92 Å². The summed E-state index contributed by atoms with van der Waals surface area (Å²) >= 11 is 1.57. The highest BCUT2D eigenvalue weighted by Gasteiger charge is 2.20. The van der Waals surface area contributed by atoms with E-state index in [2.05, 4.69) is 15.6 Å². The molecule has 0 bridgehead atoms. The molecule has 1 unspecified atom stereocenters. The van der Waals surface area contributed by atoms with Crippen LogP contribution in [0.25, 0.3) is 0 Å². The predicted octanol–water partition coefficient (Wildman–Crippen LogP) is 1.79. The molecule has 3 N–H and O–H groups in total. The average molecular weight is 299 g/mol. The molecule has 0 aliphatic carbocycles. The van der Waals surface area contributed by atoms with Crippen molar-refractivity contribution in [1.29, 1.82) is 0 Å². The molecule has 0 saturated heterocycles. The molecule has 1 rings (SSSR count). The lowest BCUT2D eigenvalue weighted by Crippen LogP contribution is -2.47. The quantitative estimate of drug-likeness (QED) is 0.716. The van der Waals surface area contributed by atoms with Gasteiger partial charge < -0.3 is 15.7 Å². The Morgan fingerprint density at radius 1 is 1.45 bits per heavy atom. The first-order chi connectivity index (χ1) is 9.38. The van der Waals surface area contributed by atoms with Crippen LogP contribution in [0.5, 0.6) is 0 Å². The lowest BCUT2D eigenvalue weighted by molar-refractivity contribution is -0.139. The van der Waals surface area contributed by atoms with Gasteiger partial charge in [0.15, 0.2) is 0 Å². The van der Waals surface area contributed by atoms with Gasteiger partial charge in [-0.3, -0.25) is 0 Å². The first-order valence-electron chi connectivity index (χ1n) is 6.56. The van der Waals surface area contributed by atoms with Crippen LogP contribution in [0.3, 0.4) is 0 Å². The molecule has 0 radical (unpaired) electrons. The first kappa shape index (κ1) is 16.4. The van der Waals surface area contributed by atoms with Crippen LogP contribution in [0.4, 0.5) is 4.79 Å². The van der Waals surface area contributed by atoms with Crippen molar-refractivity contribution in [2.45, 2.75) is 39.7 Å². The van der Waals surface area contributed by atoms with E-state index in [1.54, 1.807) is 11.3 Å². The predicted molar refractivity (Wildman–Crippen MR) is 78.0 cm³/mol. The number of aliphatic carboxylic acids is 1. The Bertz CT molecular complexity index is 459. The summed E-state index contributed by atoms with van der Waals surface area (Å²) < 4.78 is 0. The number of carbonyl (C=O) groups is 2. The molecule has 112 valence electrons. The maximum atomic E-state index is 11.6. The van der Waals surface area contributed by atoms with Gasteiger partial charge >= 0.3 is 12.0 Å². The van der Waals surface area contributed by atoms with Crippen molar-refractivity contribution in [2.75, 3.05) is 6.54 Å². The maximum Gasteiger partial charge on any atom is 0.326 e. The Balaban J connectivity index is 2.32. The van der Waals surface area contributed by atoms with Gasteiger partial charge in [0.1, 0.15) is 6.04 Å². The summed E-state index contributed by atoms with van der Waals surface area (Å²) in [4.78, 5) is 26.9. The minimum absolute atomic E-state index is 0.203. The minimum Gasteiger partial charge on any atom is -0.480 e. The molecule has 0 aliphatic heterocycles. The van der Waals surface area contributed by atoms with Crippen LogP contribution in [-0.2, 0) is 11.2 Å².